The summed E-state index contributed by atoms with van der Waals surface area (Å²) < 4.78 is 216. The molecule has 0 fully saturated rings. The molecule has 4 N–H and O–H groups in total. The van der Waals surface area contributed by atoms with Gasteiger partial charge in [-0.05, 0) is 0 Å². The van der Waals surface area contributed by atoms with Gasteiger partial charge in [0.15, 0.2) is 46.5 Å². The summed E-state index contributed by atoms with van der Waals surface area (Å²) in [6.45, 7) is 0. The van der Waals surface area contributed by atoms with Gasteiger partial charge in [0.25, 0.3) is 0 Å². The second-order valence-corrected chi connectivity index (χ2v) is 9.81. The van der Waals surface area contributed by atoms with Gasteiger partial charge in [-0.25, -0.2) is 64.0 Å². The van der Waals surface area contributed by atoms with Crippen LogP contribution in [-0.4, -0.2) is 50.3 Å². The van der Waals surface area contributed by atoms with E-state index in [1.54, 1.807) is 0 Å². The zero-order chi connectivity index (χ0) is 41.9. The SMILES string of the molecule is O=C(O)c1c(F)c(F)c(Oc2c(F)c(F)c(-c3c(F)c(F)c(Oc4c(F)c(F)c(C(=O)O)c(C(=O)O)c4F)c(F)c3C(=O)OF)c(F)c2F)c(F)c1C(=O)O. The average molecular weight is 810 g/mol. The molecule has 0 atom stereocenters. The third-order valence-corrected chi connectivity index (χ3v) is 6.85. The number of carboxylic acid groups (broad SMARTS) is 4. The molecule has 4 aromatic rings. The van der Waals surface area contributed by atoms with Crippen LogP contribution in [0.25, 0.3) is 11.1 Å². The molecule has 0 amide bonds. The summed E-state index contributed by atoms with van der Waals surface area (Å²) in [6, 6.07) is 0. The number of hydrogen-bond acceptors (Lipinski definition) is 8. The van der Waals surface area contributed by atoms with Crippen molar-refractivity contribution in [1.29, 1.82) is 0 Å². The van der Waals surface area contributed by atoms with Crippen molar-refractivity contribution in [3.8, 4) is 34.1 Å². The Hall–Kier alpha value is -7.15. The maximum atomic E-state index is 15.5. The molecule has 0 saturated heterocycles. The molecule has 0 aliphatic heterocycles. The molecule has 0 bridgehead atoms. The second-order valence-electron chi connectivity index (χ2n) is 9.81. The molecule has 0 radical (unpaired) electrons. The molecule has 4 aromatic carbocycles. The molecule has 0 aliphatic rings. The number of ether oxygens (including phenoxy) is 2. The normalized spacial score (nSPS) is 11.0. The van der Waals surface area contributed by atoms with Gasteiger partial charge in [0, 0.05) is 10.1 Å². The minimum atomic E-state index is -3.23. The van der Waals surface area contributed by atoms with E-state index in [2.05, 4.69) is 14.4 Å². The molecular weight excluding hydrogens is 806 g/mol. The van der Waals surface area contributed by atoms with Crippen LogP contribution >= 0.6 is 0 Å². The predicted molar refractivity (Wildman–Crippen MR) is 139 cm³/mol. The number of aromatic carboxylic acids is 4. The standard InChI is InChI=1S/C29H4F14O12/c30-8-1(2-9(31)17(39)24(18(40)10(2)32)54-22-14(36)6(28(50)51)4(26(46)47)12(34)20(22)42)7(29(52)55-43)15(37)23(16(8)38)53-21-13(35)5(27(48)49)3(25(44)45)11(33)19(21)41/h(H,44,45)(H,46,47)(H,48,49)(H,50,51). The number of carbonyl (C=O) groups excluding carboxylic acids is 1. The van der Waals surface area contributed by atoms with E-state index in [1.807, 2.05) is 0 Å². The molecule has 4 rings (SSSR count). The highest BCUT2D eigenvalue weighted by atomic mass is 19.3. The fourth-order valence-electron chi connectivity index (χ4n) is 4.58. The van der Waals surface area contributed by atoms with Gasteiger partial charge in [-0.3, -0.25) is 0 Å². The van der Waals surface area contributed by atoms with E-state index >= 15 is 30.7 Å². The number of rotatable bonds is 10. The van der Waals surface area contributed by atoms with Gasteiger partial charge in [0.1, 0.15) is 27.8 Å². The Bertz CT molecular complexity index is 2420. The van der Waals surface area contributed by atoms with Crippen LogP contribution in [0.3, 0.4) is 0 Å². The summed E-state index contributed by atoms with van der Waals surface area (Å²) in [5.41, 5.74) is -17.5. The van der Waals surface area contributed by atoms with Crippen molar-refractivity contribution >= 4 is 29.8 Å². The van der Waals surface area contributed by atoms with Crippen LogP contribution in [-0.2, 0) is 4.94 Å². The summed E-state index contributed by atoms with van der Waals surface area (Å²) in [4.78, 5) is 59.7. The first kappa shape index (κ1) is 40.6. The fourth-order valence-corrected chi connectivity index (χ4v) is 4.58. The van der Waals surface area contributed by atoms with Gasteiger partial charge in [0.05, 0.1) is 5.56 Å². The zero-order valence-corrected chi connectivity index (χ0v) is 24.8. The molecule has 0 heterocycles. The van der Waals surface area contributed by atoms with E-state index in [1.165, 1.54) is 0 Å². The lowest BCUT2D eigenvalue weighted by Crippen LogP contribution is -2.18. The monoisotopic (exact) mass is 810 g/mol. The van der Waals surface area contributed by atoms with E-state index in [0.29, 0.717) is 0 Å². The number of halogens is 14. The number of carbonyl (C=O) groups is 5. The summed E-state index contributed by atoms with van der Waals surface area (Å²) >= 11 is 0. The molecule has 290 valence electrons. The van der Waals surface area contributed by atoms with Gasteiger partial charge >= 0.3 is 29.8 Å². The highest BCUT2D eigenvalue weighted by Gasteiger charge is 2.41. The highest BCUT2D eigenvalue weighted by Crippen LogP contribution is 2.46. The molecule has 0 aromatic heterocycles. The Kier molecular flexibility index (Phi) is 10.6. The molecule has 0 aliphatic carbocycles. The quantitative estimate of drug-likeness (QED) is 0.0908. The second kappa shape index (κ2) is 14.3. The Labute approximate surface area is 288 Å². The minimum Gasteiger partial charge on any atom is -0.478 e. The Morgan fingerprint density at radius 1 is 0.327 bits per heavy atom. The number of benzene rings is 4. The van der Waals surface area contributed by atoms with Crippen molar-refractivity contribution in [1.82, 2.24) is 0 Å². The van der Waals surface area contributed by atoms with Crippen LogP contribution in [0.5, 0.6) is 23.0 Å². The van der Waals surface area contributed by atoms with Crippen LogP contribution in [0.4, 0.5) is 61.6 Å². The first-order valence-corrected chi connectivity index (χ1v) is 13.0. The molecule has 12 nitrogen and oxygen atoms in total. The third kappa shape index (κ3) is 6.24. The Morgan fingerprint density at radius 2 is 0.564 bits per heavy atom. The molecule has 0 spiro atoms. The average Bonchev–Trinajstić information content (AvgIpc) is 3.10. The van der Waals surface area contributed by atoms with Crippen LogP contribution < -0.4 is 9.47 Å². The lowest BCUT2D eigenvalue weighted by Gasteiger charge is -2.19. The summed E-state index contributed by atoms with van der Waals surface area (Å²) in [7, 11) is 0. The van der Waals surface area contributed by atoms with Crippen molar-refractivity contribution in [3.63, 3.8) is 0 Å². The van der Waals surface area contributed by atoms with E-state index in [9.17, 15) is 54.8 Å². The van der Waals surface area contributed by atoms with Crippen molar-refractivity contribution in [2.45, 2.75) is 0 Å². The molecule has 0 unspecified atom stereocenters. The van der Waals surface area contributed by atoms with E-state index in [4.69, 9.17) is 20.4 Å². The minimum absolute atomic E-state index is 2.25. The lowest BCUT2D eigenvalue weighted by molar-refractivity contribution is -0.0791. The summed E-state index contributed by atoms with van der Waals surface area (Å²) in [5, 5.41) is 36.0. The number of hydrogen-bond donors (Lipinski definition) is 4. The van der Waals surface area contributed by atoms with Gasteiger partial charge in [-0.2, -0.15) is 22.0 Å². The third-order valence-electron chi connectivity index (χ3n) is 6.85. The van der Waals surface area contributed by atoms with Crippen molar-refractivity contribution in [2.24, 2.45) is 0 Å². The maximum absolute atomic E-state index is 15.5. The zero-order valence-electron chi connectivity index (χ0n) is 24.8. The highest BCUT2D eigenvalue weighted by molar-refractivity contribution is 6.03. The molecule has 55 heavy (non-hydrogen) atoms. The largest absolute Gasteiger partial charge is 0.478 e. The predicted octanol–water partition coefficient (Wildman–Crippen LogP) is 7.58. The summed E-state index contributed by atoms with van der Waals surface area (Å²) in [6.07, 6.45) is 0. The Morgan fingerprint density at radius 3 is 0.855 bits per heavy atom. The molecule has 26 heteroatoms. The van der Waals surface area contributed by atoms with Crippen molar-refractivity contribution in [2.75, 3.05) is 0 Å². The lowest BCUT2D eigenvalue weighted by atomic mass is 9.95. The van der Waals surface area contributed by atoms with Crippen LogP contribution in [0.2, 0.25) is 0 Å². The van der Waals surface area contributed by atoms with Crippen molar-refractivity contribution in [3.05, 3.63) is 103 Å². The van der Waals surface area contributed by atoms with Gasteiger partial charge in [0.2, 0.25) is 52.1 Å². The molecule has 0 saturated carbocycles. The summed E-state index contributed by atoms with van der Waals surface area (Å²) in [5.74, 6) is -64.1. The van der Waals surface area contributed by atoms with Gasteiger partial charge in [-0.1, -0.05) is 0 Å². The smallest absolute Gasteiger partial charge is 0.383 e. The van der Waals surface area contributed by atoms with Crippen LogP contribution in [0.1, 0.15) is 51.8 Å². The van der Waals surface area contributed by atoms with E-state index in [-0.39, 0.29) is 0 Å². The van der Waals surface area contributed by atoms with Gasteiger partial charge in [-0.15, -0.1) is 0 Å². The molecular formula is C29H4F14O12. The van der Waals surface area contributed by atoms with E-state index in [0.717, 1.165) is 0 Å². The van der Waals surface area contributed by atoms with Crippen LogP contribution in [0, 0.1) is 75.6 Å². The fraction of sp³-hybridized carbons (Fsp3) is 0. The first-order chi connectivity index (χ1) is 25.5. The van der Waals surface area contributed by atoms with Crippen molar-refractivity contribution < 1.29 is 120 Å². The maximum Gasteiger partial charge on any atom is 0.383 e. The van der Waals surface area contributed by atoms with Crippen LogP contribution in [0.15, 0.2) is 0 Å². The Balaban J connectivity index is 2.05. The topological polar surface area (TPSA) is 194 Å². The first-order valence-electron chi connectivity index (χ1n) is 13.0. The van der Waals surface area contributed by atoms with E-state index < -0.39 is 167 Å². The van der Waals surface area contributed by atoms with Gasteiger partial charge < -0.3 is 29.9 Å². The number of carboxylic acids is 4.